The van der Waals surface area contributed by atoms with Gasteiger partial charge in [0.15, 0.2) is 0 Å². The lowest BCUT2D eigenvalue weighted by atomic mass is 10.1. The molecule has 0 spiro atoms. The number of hydrazine groups is 1. The molecule has 2 rings (SSSR count). The molecule has 0 bridgehead atoms. The largest absolute Gasteiger partial charge is 0.497 e. The molecule has 0 aromatic heterocycles. The van der Waals surface area contributed by atoms with E-state index in [1.807, 2.05) is 26.8 Å². The van der Waals surface area contributed by atoms with Crippen LogP contribution in [0.1, 0.15) is 41.5 Å². The summed E-state index contributed by atoms with van der Waals surface area (Å²) >= 11 is 0. The van der Waals surface area contributed by atoms with Crippen LogP contribution in [0.5, 0.6) is 5.75 Å². The zero-order chi connectivity index (χ0) is 17.7. The Balaban J connectivity index is 2.24. The van der Waals surface area contributed by atoms with Crippen molar-refractivity contribution in [2.45, 2.75) is 26.3 Å². The Labute approximate surface area is 142 Å². The van der Waals surface area contributed by atoms with Crippen LogP contribution in [-0.4, -0.2) is 29.5 Å². The summed E-state index contributed by atoms with van der Waals surface area (Å²) in [6.45, 7) is 5.58. The summed E-state index contributed by atoms with van der Waals surface area (Å²) in [4.78, 5) is 25.2. The zero-order valence-corrected chi connectivity index (χ0v) is 14.4. The van der Waals surface area contributed by atoms with Gasteiger partial charge >= 0.3 is 0 Å². The van der Waals surface area contributed by atoms with Gasteiger partial charge in [-0.25, -0.2) is 5.01 Å². The van der Waals surface area contributed by atoms with Crippen LogP contribution in [-0.2, 0) is 0 Å². The summed E-state index contributed by atoms with van der Waals surface area (Å²) in [5.41, 5.74) is 3.10. The number of nitrogens with zero attached hydrogens (tertiary/aromatic N) is 1. The Morgan fingerprint density at radius 2 is 1.50 bits per heavy atom. The lowest BCUT2D eigenvalue weighted by Gasteiger charge is -2.35. The molecular formula is C19H22N2O3. The Morgan fingerprint density at radius 1 is 0.917 bits per heavy atom. The number of rotatable bonds is 3. The van der Waals surface area contributed by atoms with Crippen molar-refractivity contribution in [3.8, 4) is 5.75 Å². The predicted octanol–water partition coefficient (Wildman–Crippen LogP) is 3.28. The summed E-state index contributed by atoms with van der Waals surface area (Å²) in [5.74, 6) is 0.0593. The first-order valence-electron chi connectivity index (χ1n) is 7.67. The van der Waals surface area contributed by atoms with E-state index < -0.39 is 5.54 Å². The highest BCUT2D eigenvalue weighted by molar-refractivity contribution is 5.99. The van der Waals surface area contributed by atoms with Crippen molar-refractivity contribution >= 4 is 11.8 Å². The van der Waals surface area contributed by atoms with Gasteiger partial charge in [0.25, 0.3) is 11.8 Å². The third-order valence-corrected chi connectivity index (χ3v) is 3.46. The molecule has 0 aliphatic carbocycles. The quantitative estimate of drug-likeness (QED) is 0.881. The van der Waals surface area contributed by atoms with Gasteiger partial charge in [-0.1, -0.05) is 18.2 Å². The van der Waals surface area contributed by atoms with E-state index in [9.17, 15) is 9.59 Å². The van der Waals surface area contributed by atoms with E-state index in [0.717, 1.165) is 0 Å². The smallest absolute Gasteiger partial charge is 0.272 e. The van der Waals surface area contributed by atoms with Crippen molar-refractivity contribution in [2.24, 2.45) is 0 Å². The SMILES string of the molecule is COc1ccc(C(=O)N(NC(=O)c2ccccc2)C(C)(C)C)cc1. The maximum atomic E-state index is 12.8. The number of methoxy groups -OCH3 is 1. The summed E-state index contributed by atoms with van der Waals surface area (Å²) in [6.07, 6.45) is 0. The Bertz CT molecular complexity index is 704. The van der Waals surface area contributed by atoms with Gasteiger partial charge in [-0.3, -0.25) is 15.0 Å². The van der Waals surface area contributed by atoms with Crippen LogP contribution in [0.2, 0.25) is 0 Å². The number of ether oxygens (including phenoxy) is 1. The van der Waals surface area contributed by atoms with Crippen LogP contribution in [0.25, 0.3) is 0 Å². The molecule has 2 aromatic carbocycles. The summed E-state index contributed by atoms with van der Waals surface area (Å²) in [5, 5.41) is 1.35. The van der Waals surface area contributed by atoms with Crippen molar-refractivity contribution in [1.82, 2.24) is 10.4 Å². The van der Waals surface area contributed by atoms with Crippen molar-refractivity contribution in [1.29, 1.82) is 0 Å². The second-order valence-electron chi connectivity index (χ2n) is 6.35. The number of carbonyl (C=O) groups excluding carboxylic acids is 2. The molecule has 2 amide bonds. The lowest BCUT2D eigenvalue weighted by Crippen LogP contribution is -2.55. The van der Waals surface area contributed by atoms with Gasteiger partial charge in [-0.05, 0) is 57.2 Å². The molecule has 2 aromatic rings. The van der Waals surface area contributed by atoms with Gasteiger partial charge in [0.05, 0.1) is 12.6 Å². The average Bonchev–Trinajstić information content (AvgIpc) is 2.58. The maximum Gasteiger partial charge on any atom is 0.272 e. The standard InChI is InChI=1S/C19H22N2O3/c1-19(2,3)21(20-17(22)14-8-6-5-7-9-14)18(23)15-10-12-16(24-4)13-11-15/h5-13H,1-4H3,(H,20,22). The highest BCUT2D eigenvalue weighted by atomic mass is 16.5. The number of benzene rings is 2. The lowest BCUT2D eigenvalue weighted by molar-refractivity contribution is 0.0358. The number of amides is 2. The molecule has 24 heavy (non-hydrogen) atoms. The fourth-order valence-electron chi connectivity index (χ4n) is 2.14. The second-order valence-corrected chi connectivity index (χ2v) is 6.35. The Morgan fingerprint density at radius 3 is 2.00 bits per heavy atom. The fourth-order valence-corrected chi connectivity index (χ4v) is 2.14. The minimum atomic E-state index is -0.582. The van der Waals surface area contributed by atoms with Crippen LogP contribution in [0.15, 0.2) is 54.6 Å². The third kappa shape index (κ3) is 4.13. The fraction of sp³-hybridized carbons (Fsp3) is 0.263. The molecule has 5 heteroatoms. The first-order valence-corrected chi connectivity index (χ1v) is 7.67. The monoisotopic (exact) mass is 326 g/mol. The number of hydrogen-bond donors (Lipinski definition) is 1. The molecule has 126 valence electrons. The molecule has 0 saturated heterocycles. The highest BCUT2D eigenvalue weighted by Crippen LogP contribution is 2.18. The summed E-state index contributed by atoms with van der Waals surface area (Å²) in [7, 11) is 1.57. The van der Waals surface area contributed by atoms with E-state index in [1.54, 1.807) is 55.6 Å². The van der Waals surface area contributed by atoms with E-state index in [-0.39, 0.29) is 11.8 Å². The highest BCUT2D eigenvalue weighted by Gasteiger charge is 2.29. The van der Waals surface area contributed by atoms with E-state index in [1.165, 1.54) is 5.01 Å². The van der Waals surface area contributed by atoms with Crippen LogP contribution in [0, 0.1) is 0 Å². The first kappa shape index (κ1) is 17.5. The molecular weight excluding hydrogens is 304 g/mol. The molecule has 0 aliphatic rings. The van der Waals surface area contributed by atoms with Crippen LogP contribution < -0.4 is 10.2 Å². The predicted molar refractivity (Wildman–Crippen MR) is 92.8 cm³/mol. The van der Waals surface area contributed by atoms with Crippen molar-refractivity contribution in [3.05, 3.63) is 65.7 Å². The molecule has 0 unspecified atom stereocenters. The molecule has 0 aliphatic heterocycles. The first-order chi connectivity index (χ1) is 11.3. The van der Waals surface area contributed by atoms with Gasteiger partial charge in [0.2, 0.25) is 0 Å². The molecule has 0 radical (unpaired) electrons. The zero-order valence-electron chi connectivity index (χ0n) is 14.4. The number of carbonyl (C=O) groups is 2. The van der Waals surface area contributed by atoms with E-state index in [2.05, 4.69) is 5.43 Å². The Hall–Kier alpha value is -2.82. The maximum absolute atomic E-state index is 12.8. The number of hydrogen-bond acceptors (Lipinski definition) is 3. The van der Waals surface area contributed by atoms with Gasteiger partial charge in [0.1, 0.15) is 5.75 Å². The minimum absolute atomic E-state index is 0.283. The minimum Gasteiger partial charge on any atom is -0.497 e. The van der Waals surface area contributed by atoms with Crippen LogP contribution >= 0.6 is 0 Å². The molecule has 0 heterocycles. The molecule has 0 fully saturated rings. The summed E-state index contributed by atoms with van der Waals surface area (Å²) < 4.78 is 5.10. The molecule has 0 atom stereocenters. The molecule has 1 N–H and O–H groups in total. The second kappa shape index (κ2) is 7.17. The van der Waals surface area contributed by atoms with E-state index >= 15 is 0 Å². The van der Waals surface area contributed by atoms with Crippen molar-refractivity contribution < 1.29 is 14.3 Å². The Kier molecular flexibility index (Phi) is 5.24. The van der Waals surface area contributed by atoms with E-state index in [0.29, 0.717) is 16.9 Å². The molecule has 0 saturated carbocycles. The van der Waals surface area contributed by atoms with Crippen LogP contribution in [0.4, 0.5) is 0 Å². The van der Waals surface area contributed by atoms with Gasteiger partial charge < -0.3 is 4.74 Å². The molecule has 5 nitrogen and oxygen atoms in total. The average molecular weight is 326 g/mol. The van der Waals surface area contributed by atoms with Gasteiger partial charge in [0, 0.05) is 11.1 Å². The topological polar surface area (TPSA) is 58.6 Å². The van der Waals surface area contributed by atoms with Crippen LogP contribution in [0.3, 0.4) is 0 Å². The third-order valence-electron chi connectivity index (χ3n) is 3.46. The van der Waals surface area contributed by atoms with Gasteiger partial charge in [-0.2, -0.15) is 0 Å². The normalized spacial score (nSPS) is 10.8. The summed E-state index contributed by atoms with van der Waals surface area (Å²) in [6, 6.07) is 15.6. The van der Waals surface area contributed by atoms with E-state index in [4.69, 9.17) is 4.74 Å². The van der Waals surface area contributed by atoms with Crippen molar-refractivity contribution in [2.75, 3.05) is 7.11 Å². The van der Waals surface area contributed by atoms with Gasteiger partial charge in [-0.15, -0.1) is 0 Å². The van der Waals surface area contributed by atoms with Crippen molar-refractivity contribution in [3.63, 3.8) is 0 Å². The number of nitrogens with one attached hydrogen (secondary N) is 1.